The molecule has 0 bridgehead atoms. The van der Waals surface area contributed by atoms with E-state index in [2.05, 4.69) is 5.32 Å². The molecule has 0 radical (unpaired) electrons. The Kier molecular flexibility index (Phi) is 4.47. The van der Waals surface area contributed by atoms with Gasteiger partial charge >= 0.3 is 0 Å². The zero-order valence-electron chi connectivity index (χ0n) is 11.7. The highest BCUT2D eigenvalue weighted by Crippen LogP contribution is 2.32. The molecule has 0 fully saturated rings. The van der Waals surface area contributed by atoms with Gasteiger partial charge in [0.15, 0.2) is 23.1 Å². The number of methoxy groups -OCH3 is 1. The molecule has 3 N–H and O–H groups in total. The molecule has 0 aliphatic carbocycles. The van der Waals surface area contributed by atoms with Crippen molar-refractivity contribution in [3.8, 4) is 11.5 Å². The smallest absolute Gasteiger partial charge is 0.167 e. The van der Waals surface area contributed by atoms with E-state index in [9.17, 15) is 8.78 Å². The van der Waals surface area contributed by atoms with E-state index in [1.165, 1.54) is 37.4 Å². The Labute approximate surface area is 121 Å². The maximum Gasteiger partial charge on any atom is 0.167 e. The Balaban J connectivity index is 2.32. The van der Waals surface area contributed by atoms with E-state index in [0.29, 0.717) is 18.0 Å². The van der Waals surface area contributed by atoms with Gasteiger partial charge in [0.05, 0.1) is 25.1 Å². The minimum absolute atomic E-state index is 0.100. The number of halogens is 2. The first-order valence-electron chi connectivity index (χ1n) is 6.37. The molecule has 0 aromatic heterocycles. The first-order chi connectivity index (χ1) is 10.0. The number of hydrogen-bond acceptors (Lipinski definition) is 4. The number of benzene rings is 2. The normalized spacial score (nSPS) is 10.3. The van der Waals surface area contributed by atoms with E-state index < -0.39 is 11.6 Å². The largest absolute Gasteiger partial charge is 0.494 e. The Morgan fingerprint density at radius 3 is 2.52 bits per heavy atom. The minimum atomic E-state index is -0.531. The molecule has 4 nitrogen and oxygen atoms in total. The molecule has 0 saturated heterocycles. The van der Waals surface area contributed by atoms with E-state index in [0.717, 1.165) is 0 Å². The predicted octanol–water partition coefficient (Wildman–Crippen LogP) is 3.70. The Hall–Kier alpha value is -2.50. The monoisotopic (exact) mass is 294 g/mol. The van der Waals surface area contributed by atoms with Crippen LogP contribution in [0.2, 0.25) is 0 Å². The van der Waals surface area contributed by atoms with Crippen molar-refractivity contribution in [2.75, 3.05) is 24.8 Å². The van der Waals surface area contributed by atoms with Gasteiger partial charge in [-0.1, -0.05) is 0 Å². The molecule has 112 valence electrons. The molecule has 2 rings (SSSR count). The summed E-state index contributed by atoms with van der Waals surface area (Å²) in [6.07, 6.45) is 0. The summed E-state index contributed by atoms with van der Waals surface area (Å²) in [5.41, 5.74) is 7.02. The van der Waals surface area contributed by atoms with Gasteiger partial charge in [-0.25, -0.2) is 8.78 Å². The summed E-state index contributed by atoms with van der Waals surface area (Å²) in [6, 6.07) is 6.92. The minimum Gasteiger partial charge on any atom is -0.494 e. The number of ether oxygens (including phenoxy) is 2. The van der Waals surface area contributed by atoms with Crippen LogP contribution in [0, 0.1) is 11.6 Å². The van der Waals surface area contributed by atoms with Crippen LogP contribution in [-0.2, 0) is 0 Å². The number of nitrogens with one attached hydrogen (secondary N) is 1. The van der Waals surface area contributed by atoms with Gasteiger partial charge in [0, 0.05) is 23.9 Å². The second-order valence-electron chi connectivity index (χ2n) is 4.28. The van der Waals surface area contributed by atoms with Crippen LogP contribution < -0.4 is 20.5 Å². The summed E-state index contributed by atoms with van der Waals surface area (Å²) in [7, 11) is 1.38. The van der Waals surface area contributed by atoms with Gasteiger partial charge in [-0.2, -0.15) is 0 Å². The third kappa shape index (κ3) is 3.34. The molecule has 0 atom stereocenters. The summed E-state index contributed by atoms with van der Waals surface area (Å²) < 4.78 is 37.1. The fraction of sp³-hybridized carbons (Fsp3) is 0.200. The lowest BCUT2D eigenvalue weighted by molar-refractivity contribution is 0.322. The molecular formula is C15H16F2N2O2. The van der Waals surface area contributed by atoms with Gasteiger partial charge in [-0.05, 0) is 19.1 Å². The molecular weight excluding hydrogens is 278 g/mol. The van der Waals surface area contributed by atoms with Crippen molar-refractivity contribution in [3.63, 3.8) is 0 Å². The van der Waals surface area contributed by atoms with Crippen molar-refractivity contribution in [2.45, 2.75) is 6.92 Å². The first kappa shape index (κ1) is 14.9. The molecule has 0 unspecified atom stereocenters. The second kappa shape index (κ2) is 6.30. The fourth-order valence-corrected chi connectivity index (χ4v) is 1.84. The molecule has 2 aromatic rings. The fourth-order valence-electron chi connectivity index (χ4n) is 1.84. The quantitative estimate of drug-likeness (QED) is 0.826. The number of nitrogen functional groups attached to an aromatic ring is 1. The summed E-state index contributed by atoms with van der Waals surface area (Å²) >= 11 is 0. The van der Waals surface area contributed by atoms with E-state index >= 15 is 0 Å². The molecule has 0 saturated carbocycles. The average Bonchev–Trinajstić information content (AvgIpc) is 2.46. The van der Waals surface area contributed by atoms with E-state index in [4.69, 9.17) is 15.2 Å². The van der Waals surface area contributed by atoms with Crippen molar-refractivity contribution in [1.82, 2.24) is 0 Å². The number of anilines is 3. The lowest BCUT2D eigenvalue weighted by atomic mass is 10.2. The Bertz CT molecular complexity index is 648. The van der Waals surface area contributed by atoms with Crippen LogP contribution in [0.1, 0.15) is 6.92 Å². The third-order valence-electron chi connectivity index (χ3n) is 2.83. The summed E-state index contributed by atoms with van der Waals surface area (Å²) in [5, 5.41) is 2.98. The molecule has 6 heteroatoms. The Morgan fingerprint density at radius 2 is 1.86 bits per heavy atom. The topological polar surface area (TPSA) is 56.5 Å². The molecule has 21 heavy (non-hydrogen) atoms. The van der Waals surface area contributed by atoms with Crippen molar-refractivity contribution >= 4 is 17.1 Å². The highest BCUT2D eigenvalue weighted by molar-refractivity contribution is 5.74. The van der Waals surface area contributed by atoms with Gasteiger partial charge in [0.1, 0.15) is 0 Å². The third-order valence-corrected chi connectivity index (χ3v) is 2.83. The maximum absolute atomic E-state index is 13.6. The van der Waals surface area contributed by atoms with Gasteiger partial charge in [-0.3, -0.25) is 0 Å². The van der Waals surface area contributed by atoms with E-state index in [1.807, 2.05) is 0 Å². The lowest BCUT2D eigenvalue weighted by Crippen LogP contribution is -2.01. The van der Waals surface area contributed by atoms with Gasteiger partial charge < -0.3 is 20.5 Å². The van der Waals surface area contributed by atoms with Crippen molar-refractivity contribution in [3.05, 3.63) is 42.0 Å². The van der Waals surface area contributed by atoms with E-state index in [-0.39, 0.29) is 17.2 Å². The van der Waals surface area contributed by atoms with Crippen molar-refractivity contribution in [1.29, 1.82) is 0 Å². The summed E-state index contributed by atoms with van der Waals surface area (Å²) in [5.74, 6) is -0.796. The zero-order chi connectivity index (χ0) is 15.4. The van der Waals surface area contributed by atoms with Gasteiger partial charge in [0.2, 0.25) is 0 Å². The second-order valence-corrected chi connectivity index (χ2v) is 4.28. The summed E-state index contributed by atoms with van der Waals surface area (Å²) in [4.78, 5) is 0. The van der Waals surface area contributed by atoms with Crippen LogP contribution in [0.15, 0.2) is 30.3 Å². The van der Waals surface area contributed by atoms with Crippen LogP contribution in [-0.4, -0.2) is 13.7 Å². The highest BCUT2D eigenvalue weighted by Gasteiger charge is 2.10. The predicted molar refractivity (Wildman–Crippen MR) is 78.2 cm³/mol. The van der Waals surface area contributed by atoms with Crippen LogP contribution in [0.4, 0.5) is 25.8 Å². The molecule has 0 aliphatic heterocycles. The maximum atomic E-state index is 13.6. The van der Waals surface area contributed by atoms with Gasteiger partial charge in [0.25, 0.3) is 0 Å². The average molecular weight is 294 g/mol. The van der Waals surface area contributed by atoms with Crippen LogP contribution in [0.25, 0.3) is 0 Å². The Morgan fingerprint density at radius 1 is 1.10 bits per heavy atom. The number of rotatable bonds is 5. The first-order valence-corrected chi connectivity index (χ1v) is 6.37. The van der Waals surface area contributed by atoms with Crippen LogP contribution in [0.3, 0.4) is 0 Å². The van der Waals surface area contributed by atoms with Crippen LogP contribution >= 0.6 is 0 Å². The molecule has 2 aromatic carbocycles. The SMILES string of the molecule is CCOc1cc(Nc2ccc(F)c(OC)c2)c(N)cc1F. The summed E-state index contributed by atoms with van der Waals surface area (Å²) in [6.45, 7) is 2.10. The number of nitrogens with two attached hydrogens (primary N) is 1. The number of hydrogen-bond donors (Lipinski definition) is 2. The van der Waals surface area contributed by atoms with Crippen LogP contribution in [0.5, 0.6) is 11.5 Å². The molecule has 0 heterocycles. The molecule has 0 spiro atoms. The van der Waals surface area contributed by atoms with Crippen molar-refractivity contribution in [2.24, 2.45) is 0 Å². The zero-order valence-corrected chi connectivity index (χ0v) is 11.7. The van der Waals surface area contributed by atoms with Gasteiger partial charge in [-0.15, -0.1) is 0 Å². The molecule has 0 amide bonds. The standard InChI is InChI=1S/C15H16F2N2O2/c1-3-21-15-8-13(12(18)7-11(15)17)19-9-4-5-10(16)14(6-9)20-2/h4-8,19H,3,18H2,1-2H3. The van der Waals surface area contributed by atoms with E-state index in [1.54, 1.807) is 6.92 Å². The van der Waals surface area contributed by atoms with Crippen molar-refractivity contribution < 1.29 is 18.3 Å². The molecule has 0 aliphatic rings. The highest BCUT2D eigenvalue weighted by atomic mass is 19.1. The lowest BCUT2D eigenvalue weighted by Gasteiger charge is -2.13.